The first-order chi connectivity index (χ1) is 9.02. The molecule has 2 aromatic carbocycles. The van der Waals surface area contributed by atoms with Gasteiger partial charge in [-0.2, -0.15) is 0 Å². The van der Waals surface area contributed by atoms with Crippen LogP contribution in [0.5, 0.6) is 0 Å². The summed E-state index contributed by atoms with van der Waals surface area (Å²) in [7, 11) is 8.11. The minimum absolute atomic E-state index is 0.822. The molecular weight excluding hydrogens is 234 g/mol. The van der Waals surface area contributed by atoms with E-state index < -0.39 is 0 Å². The molecule has 0 saturated carbocycles. The molecule has 0 fully saturated rings. The van der Waals surface area contributed by atoms with Gasteiger partial charge >= 0.3 is 0 Å². The van der Waals surface area contributed by atoms with E-state index in [0.717, 1.165) is 28.2 Å². The van der Waals surface area contributed by atoms with E-state index in [2.05, 4.69) is 34.1 Å². The first-order valence-corrected chi connectivity index (χ1v) is 6.35. The van der Waals surface area contributed by atoms with Crippen molar-refractivity contribution in [3.63, 3.8) is 0 Å². The van der Waals surface area contributed by atoms with E-state index in [1.165, 1.54) is 0 Å². The lowest BCUT2D eigenvalue weighted by atomic mass is 10.0. The zero-order valence-corrected chi connectivity index (χ0v) is 12.0. The summed E-state index contributed by atoms with van der Waals surface area (Å²) in [6, 6.07) is 14.5. The predicted octanol–water partition coefficient (Wildman–Crippen LogP) is 3.07. The summed E-state index contributed by atoms with van der Waals surface area (Å²) >= 11 is 0. The third kappa shape index (κ3) is 2.50. The van der Waals surface area contributed by atoms with Gasteiger partial charge in [0, 0.05) is 33.8 Å². The lowest BCUT2D eigenvalue weighted by Gasteiger charge is -2.25. The first kappa shape index (κ1) is 13.3. The van der Waals surface area contributed by atoms with E-state index in [-0.39, 0.29) is 0 Å². The fourth-order valence-electron chi connectivity index (χ4n) is 2.30. The maximum absolute atomic E-state index is 6.39. The monoisotopic (exact) mass is 255 g/mol. The Hall–Kier alpha value is -2.16. The fraction of sp³-hybridized carbons (Fsp3) is 0.250. The molecule has 0 aliphatic rings. The van der Waals surface area contributed by atoms with Crippen molar-refractivity contribution in [2.45, 2.75) is 0 Å². The van der Waals surface area contributed by atoms with E-state index in [1.807, 2.05) is 46.4 Å². The van der Waals surface area contributed by atoms with Gasteiger partial charge in [-0.25, -0.2) is 0 Å². The van der Waals surface area contributed by atoms with Crippen molar-refractivity contribution >= 4 is 17.1 Å². The SMILES string of the molecule is CN(C)c1ccc(-c2ccccc2)c(N)c1N(C)C. The zero-order chi connectivity index (χ0) is 14.0. The summed E-state index contributed by atoms with van der Waals surface area (Å²) in [5, 5.41) is 0. The number of nitrogens with zero attached hydrogens (tertiary/aromatic N) is 2. The summed E-state index contributed by atoms with van der Waals surface area (Å²) in [6.45, 7) is 0. The van der Waals surface area contributed by atoms with Gasteiger partial charge in [-0.15, -0.1) is 0 Å². The van der Waals surface area contributed by atoms with Gasteiger partial charge < -0.3 is 15.5 Å². The average molecular weight is 255 g/mol. The second-order valence-electron chi connectivity index (χ2n) is 5.05. The van der Waals surface area contributed by atoms with Crippen molar-refractivity contribution < 1.29 is 0 Å². The quantitative estimate of drug-likeness (QED) is 0.856. The van der Waals surface area contributed by atoms with E-state index >= 15 is 0 Å². The summed E-state index contributed by atoms with van der Waals surface area (Å²) in [6.07, 6.45) is 0. The number of nitrogens with two attached hydrogens (primary N) is 1. The van der Waals surface area contributed by atoms with Crippen LogP contribution in [0.25, 0.3) is 11.1 Å². The minimum atomic E-state index is 0.822. The second kappa shape index (κ2) is 5.22. The number of hydrogen-bond donors (Lipinski definition) is 1. The third-order valence-corrected chi connectivity index (χ3v) is 3.21. The molecule has 0 amide bonds. The molecular formula is C16H21N3. The van der Waals surface area contributed by atoms with E-state index in [0.29, 0.717) is 0 Å². The molecule has 3 nitrogen and oxygen atoms in total. The molecule has 0 unspecified atom stereocenters. The van der Waals surface area contributed by atoms with Crippen LogP contribution >= 0.6 is 0 Å². The highest BCUT2D eigenvalue weighted by molar-refractivity contribution is 5.93. The van der Waals surface area contributed by atoms with E-state index in [9.17, 15) is 0 Å². The van der Waals surface area contributed by atoms with E-state index in [4.69, 9.17) is 5.73 Å². The van der Waals surface area contributed by atoms with Crippen molar-refractivity contribution in [3.8, 4) is 11.1 Å². The van der Waals surface area contributed by atoms with Gasteiger partial charge in [0.05, 0.1) is 17.1 Å². The Morgan fingerprint density at radius 1 is 0.789 bits per heavy atom. The standard InChI is InChI=1S/C16H21N3/c1-18(2)14-11-10-13(12-8-6-5-7-9-12)15(17)16(14)19(3)4/h5-11H,17H2,1-4H3. The molecule has 0 aliphatic carbocycles. The van der Waals surface area contributed by atoms with Crippen molar-refractivity contribution in [3.05, 3.63) is 42.5 Å². The molecule has 19 heavy (non-hydrogen) atoms. The third-order valence-electron chi connectivity index (χ3n) is 3.21. The van der Waals surface area contributed by atoms with Gasteiger partial charge in [0.2, 0.25) is 0 Å². The Balaban J connectivity index is 2.64. The van der Waals surface area contributed by atoms with Crippen LogP contribution in [-0.4, -0.2) is 28.2 Å². The molecule has 0 aliphatic heterocycles. The highest BCUT2D eigenvalue weighted by Crippen LogP contribution is 2.39. The molecule has 3 heteroatoms. The molecule has 2 N–H and O–H groups in total. The Morgan fingerprint density at radius 2 is 1.42 bits per heavy atom. The number of anilines is 3. The van der Waals surface area contributed by atoms with Crippen LogP contribution in [0.15, 0.2) is 42.5 Å². The number of benzene rings is 2. The normalized spacial score (nSPS) is 10.3. The summed E-state index contributed by atoms with van der Waals surface area (Å²) in [5.74, 6) is 0. The Kier molecular flexibility index (Phi) is 3.65. The average Bonchev–Trinajstić information content (AvgIpc) is 2.38. The highest BCUT2D eigenvalue weighted by atomic mass is 15.1. The Morgan fingerprint density at radius 3 is 1.95 bits per heavy atom. The molecule has 2 rings (SSSR count). The Bertz CT molecular complexity index is 560. The van der Waals surface area contributed by atoms with Gasteiger partial charge in [0.1, 0.15) is 0 Å². The van der Waals surface area contributed by atoms with Crippen LogP contribution in [0.3, 0.4) is 0 Å². The zero-order valence-electron chi connectivity index (χ0n) is 12.0. The van der Waals surface area contributed by atoms with E-state index in [1.54, 1.807) is 0 Å². The van der Waals surface area contributed by atoms with Gasteiger partial charge in [-0.05, 0) is 11.6 Å². The van der Waals surface area contributed by atoms with Crippen LogP contribution in [0.1, 0.15) is 0 Å². The minimum Gasteiger partial charge on any atom is -0.396 e. The molecule has 0 atom stereocenters. The van der Waals surface area contributed by atoms with Crippen LogP contribution in [0.4, 0.5) is 17.1 Å². The molecule has 100 valence electrons. The number of hydrogen-bond acceptors (Lipinski definition) is 3. The molecule has 0 saturated heterocycles. The van der Waals surface area contributed by atoms with Gasteiger partial charge in [-0.1, -0.05) is 36.4 Å². The topological polar surface area (TPSA) is 32.5 Å². The number of nitrogen functional groups attached to an aromatic ring is 1. The maximum atomic E-state index is 6.39. The summed E-state index contributed by atoms with van der Waals surface area (Å²) in [5.41, 5.74) is 11.6. The first-order valence-electron chi connectivity index (χ1n) is 6.35. The lowest BCUT2D eigenvalue weighted by Crippen LogP contribution is -2.18. The highest BCUT2D eigenvalue weighted by Gasteiger charge is 2.14. The predicted molar refractivity (Wildman–Crippen MR) is 84.9 cm³/mol. The molecule has 0 bridgehead atoms. The van der Waals surface area contributed by atoms with Crippen molar-refractivity contribution in [2.75, 3.05) is 43.7 Å². The van der Waals surface area contributed by atoms with Gasteiger partial charge in [0.25, 0.3) is 0 Å². The molecule has 2 aromatic rings. The molecule has 0 aromatic heterocycles. The number of rotatable bonds is 3. The smallest absolute Gasteiger partial charge is 0.0838 e. The van der Waals surface area contributed by atoms with Crippen molar-refractivity contribution in [2.24, 2.45) is 0 Å². The summed E-state index contributed by atoms with van der Waals surface area (Å²) in [4.78, 5) is 4.15. The van der Waals surface area contributed by atoms with Crippen LogP contribution in [0, 0.1) is 0 Å². The van der Waals surface area contributed by atoms with Crippen molar-refractivity contribution in [1.82, 2.24) is 0 Å². The van der Waals surface area contributed by atoms with Crippen LogP contribution in [-0.2, 0) is 0 Å². The second-order valence-corrected chi connectivity index (χ2v) is 5.05. The van der Waals surface area contributed by atoms with Crippen molar-refractivity contribution in [1.29, 1.82) is 0 Å². The fourth-order valence-corrected chi connectivity index (χ4v) is 2.30. The lowest BCUT2D eigenvalue weighted by molar-refractivity contribution is 1.08. The van der Waals surface area contributed by atoms with Crippen LogP contribution in [0.2, 0.25) is 0 Å². The molecule has 0 spiro atoms. The molecule has 0 radical (unpaired) electrons. The van der Waals surface area contributed by atoms with Crippen LogP contribution < -0.4 is 15.5 Å². The summed E-state index contributed by atoms with van der Waals surface area (Å²) < 4.78 is 0. The van der Waals surface area contributed by atoms with Gasteiger partial charge in [-0.3, -0.25) is 0 Å². The Labute approximate surface area is 115 Å². The largest absolute Gasteiger partial charge is 0.396 e. The maximum Gasteiger partial charge on any atom is 0.0838 e. The molecule has 0 heterocycles. The van der Waals surface area contributed by atoms with Gasteiger partial charge in [0.15, 0.2) is 0 Å².